The predicted molar refractivity (Wildman–Crippen MR) is 66.5 cm³/mol. The van der Waals surface area contributed by atoms with E-state index in [1.165, 1.54) is 6.08 Å². The summed E-state index contributed by atoms with van der Waals surface area (Å²) < 4.78 is 6.39. The molecule has 0 aliphatic rings. The van der Waals surface area contributed by atoms with Crippen LogP contribution in [0.25, 0.3) is 6.08 Å². The number of aromatic nitrogens is 2. The van der Waals surface area contributed by atoms with Crippen LogP contribution in [-0.4, -0.2) is 34.8 Å². The van der Waals surface area contributed by atoms with Gasteiger partial charge in [0.15, 0.2) is 0 Å². The molecule has 0 saturated heterocycles. The molecule has 1 aromatic heterocycles. The SMILES string of the molecule is CCOC(=O)CCNC(=O)C=Cc1cnn(C)c1. The van der Waals surface area contributed by atoms with E-state index in [1.54, 1.807) is 37.1 Å². The molecule has 18 heavy (non-hydrogen) atoms. The molecule has 1 amide bonds. The minimum absolute atomic E-state index is 0.181. The van der Waals surface area contributed by atoms with Crippen LogP contribution in [-0.2, 0) is 21.4 Å². The number of hydrogen-bond acceptors (Lipinski definition) is 4. The number of nitrogens with zero attached hydrogens (tertiary/aromatic N) is 2. The lowest BCUT2D eigenvalue weighted by atomic mass is 10.3. The summed E-state index contributed by atoms with van der Waals surface area (Å²) in [5.74, 6) is -0.558. The molecule has 6 nitrogen and oxygen atoms in total. The van der Waals surface area contributed by atoms with Crippen LogP contribution >= 0.6 is 0 Å². The third kappa shape index (κ3) is 5.29. The Kier molecular flexibility index (Phi) is 5.63. The van der Waals surface area contributed by atoms with Gasteiger partial charge in [0.2, 0.25) is 5.91 Å². The molecule has 0 aliphatic carbocycles. The zero-order valence-electron chi connectivity index (χ0n) is 10.5. The van der Waals surface area contributed by atoms with Gasteiger partial charge in [0.05, 0.1) is 19.2 Å². The standard InChI is InChI=1S/C12H17N3O3/c1-3-18-12(17)6-7-13-11(16)5-4-10-8-14-15(2)9-10/h4-5,8-9H,3,6-7H2,1-2H3,(H,13,16). The van der Waals surface area contributed by atoms with Crippen molar-refractivity contribution in [3.8, 4) is 0 Å². The van der Waals surface area contributed by atoms with Gasteiger partial charge in [0, 0.05) is 31.4 Å². The average molecular weight is 251 g/mol. The van der Waals surface area contributed by atoms with Crippen LogP contribution in [0.2, 0.25) is 0 Å². The molecule has 0 unspecified atom stereocenters. The van der Waals surface area contributed by atoms with Gasteiger partial charge in [-0.1, -0.05) is 0 Å². The van der Waals surface area contributed by atoms with E-state index >= 15 is 0 Å². The lowest BCUT2D eigenvalue weighted by Crippen LogP contribution is -2.24. The van der Waals surface area contributed by atoms with Gasteiger partial charge in [-0.2, -0.15) is 5.10 Å². The van der Waals surface area contributed by atoms with Crippen molar-refractivity contribution in [2.45, 2.75) is 13.3 Å². The Bertz CT molecular complexity index is 438. The monoisotopic (exact) mass is 251 g/mol. The molecule has 0 fully saturated rings. The molecule has 0 aromatic carbocycles. The predicted octanol–water partition coefficient (Wildman–Crippen LogP) is 0.503. The summed E-state index contributed by atoms with van der Waals surface area (Å²) in [7, 11) is 1.80. The summed E-state index contributed by atoms with van der Waals surface area (Å²) in [6.07, 6.45) is 6.69. The largest absolute Gasteiger partial charge is 0.466 e. The van der Waals surface area contributed by atoms with Crippen LogP contribution in [0.4, 0.5) is 0 Å². The molecule has 0 aliphatic heterocycles. The summed E-state index contributed by atoms with van der Waals surface area (Å²) in [4.78, 5) is 22.4. The second-order valence-electron chi connectivity index (χ2n) is 3.63. The van der Waals surface area contributed by atoms with E-state index in [0.717, 1.165) is 5.56 Å². The molecule has 6 heteroatoms. The molecule has 1 N–H and O–H groups in total. The number of amides is 1. The van der Waals surface area contributed by atoms with E-state index in [9.17, 15) is 9.59 Å². The molecule has 1 aromatic rings. The maximum Gasteiger partial charge on any atom is 0.307 e. The van der Waals surface area contributed by atoms with Gasteiger partial charge < -0.3 is 10.1 Å². The minimum atomic E-state index is -0.311. The molecule has 0 atom stereocenters. The van der Waals surface area contributed by atoms with Gasteiger partial charge in [-0.05, 0) is 13.0 Å². The summed E-state index contributed by atoms with van der Waals surface area (Å²) in [5.41, 5.74) is 0.845. The van der Waals surface area contributed by atoms with Crippen LogP contribution < -0.4 is 5.32 Å². The highest BCUT2D eigenvalue weighted by Gasteiger charge is 2.02. The Balaban J connectivity index is 2.25. The van der Waals surface area contributed by atoms with E-state index < -0.39 is 0 Å². The smallest absolute Gasteiger partial charge is 0.307 e. The Hall–Kier alpha value is -2.11. The van der Waals surface area contributed by atoms with Gasteiger partial charge in [0.25, 0.3) is 0 Å². The number of nitrogens with one attached hydrogen (secondary N) is 1. The first-order valence-electron chi connectivity index (χ1n) is 5.72. The molecule has 98 valence electrons. The topological polar surface area (TPSA) is 73.2 Å². The molecule has 0 saturated carbocycles. The van der Waals surface area contributed by atoms with Crippen LogP contribution in [0.15, 0.2) is 18.5 Å². The van der Waals surface area contributed by atoms with Crippen LogP contribution in [0.1, 0.15) is 18.9 Å². The number of aryl methyl sites for hydroxylation is 1. The van der Waals surface area contributed by atoms with Crippen molar-refractivity contribution in [2.24, 2.45) is 7.05 Å². The minimum Gasteiger partial charge on any atom is -0.466 e. The highest BCUT2D eigenvalue weighted by molar-refractivity contribution is 5.91. The first kappa shape index (κ1) is 14.0. The quantitative estimate of drug-likeness (QED) is 0.590. The first-order valence-corrected chi connectivity index (χ1v) is 5.72. The van der Waals surface area contributed by atoms with Crippen LogP contribution in [0, 0.1) is 0 Å². The second kappa shape index (κ2) is 7.26. The molecule has 0 radical (unpaired) electrons. The molecular formula is C12H17N3O3. The summed E-state index contributed by atoms with van der Waals surface area (Å²) >= 11 is 0. The second-order valence-corrected chi connectivity index (χ2v) is 3.63. The van der Waals surface area contributed by atoms with Gasteiger partial charge in [-0.3, -0.25) is 14.3 Å². The number of esters is 1. The van der Waals surface area contributed by atoms with Gasteiger partial charge >= 0.3 is 5.97 Å². The molecule has 0 bridgehead atoms. The van der Waals surface area contributed by atoms with Crippen LogP contribution in [0.3, 0.4) is 0 Å². The number of rotatable bonds is 6. The Morgan fingerprint density at radius 2 is 2.33 bits per heavy atom. The van der Waals surface area contributed by atoms with Gasteiger partial charge in [-0.25, -0.2) is 0 Å². The zero-order chi connectivity index (χ0) is 13.4. The highest BCUT2D eigenvalue weighted by Crippen LogP contribution is 1.98. The highest BCUT2D eigenvalue weighted by atomic mass is 16.5. The number of ether oxygens (including phenoxy) is 1. The molecule has 1 heterocycles. The van der Waals surface area contributed by atoms with Gasteiger partial charge in [0.1, 0.15) is 0 Å². The lowest BCUT2D eigenvalue weighted by molar-refractivity contribution is -0.142. The zero-order valence-corrected chi connectivity index (χ0v) is 10.5. The fourth-order valence-electron chi connectivity index (χ4n) is 1.28. The maximum atomic E-state index is 11.4. The van der Waals surface area contributed by atoms with E-state index in [2.05, 4.69) is 10.4 Å². The molecular weight excluding hydrogens is 234 g/mol. The van der Waals surface area contributed by atoms with E-state index in [0.29, 0.717) is 6.61 Å². The maximum absolute atomic E-state index is 11.4. The van der Waals surface area contributed by atoms with Crippen molar-refractivity contribution >= 4 is 18.0 Å². The Morgan fingerprint density at radius 1 is 1.56 bits per heavy atom. The van der Waals surface area contributed by atoms with E-state index in [4.69, 9.17) is 4.74 Å². The third-order valence-corrected chi connectivity index (χ3v) is 2.09. The van der Waals surface area contributed by atoms with Crippen molar-refractivity contribution < 1.29 is 14.3 Å². The number of carbonyl (C=O) groups excluding carboxylic acids is 2. The van der Waals surface area contributed by atoms with Crippen molar-refractivity contribution in [3.63, 3.8) is 0 Å². The average Bonchev–Trinajstić information content (AvgIpc) is 2.73. The van der Waals surface area contributed by atoms with E-state index in [1.807, 2.05) is 0 Å². The normalized spacial score (nSPS) is 10.6. The third-order valence-electron chi connectivity index (χ3n) is 2.09. The lowest BCUT2D eigenvalue weighted by Gasteiger charge is -2.02. The van der Waals surface area contributed by atoms with Crippen molar-refractivity contribution in [3.05, 3.63) is 24.0 Å². The summed E-state index contributed by atoms with van der Waals surface area (Å²) in [5, 5.41) is 6.57. The molecule has 1 rings (SSSR count). The fourth-order valence-corrected chi connectivity index (χ4v) is 1.28. The fraction of sp³-hybridized carbons (Fsp3) is 0.417. The van der Waals surface area contributed by atoms with Crippen molar-refractivity contribution in [1.82, 2.24) is 15.1 Å². The summed E-state index contributed by atoms with van der Waals surface area (Å²) in [6.45, 7) is 2.37. The van der Waals surface area contributed by atoms with Gasteiger partial charge in [-0.15, -0.1) is 0 Å². The molecule has 0 spiro atoms. The Labute approximate surface area is 106 Å². The number of carbonyl (C=O) groups is 2. The first-order chi connectivity index (χ1) is 8.61. The number of hydrogen-bond donors (Lipinski definition) is 1. The van der Waals surface area contributed by atoms with E-state index in [-0.39, 0.29) is 24.8 Å². The van der Waals surface area contributed by atoms with Crippen LogP contribution in [0.5, 0.6) is 0 Å². The van der Waals surface area contributed by atoms with Crippen molar-refractivity contribution in [2.75, 3.05) is 13.2 Å². The summed E-state index contributed by atoms with van der Waals surface area (Å²) in [6, 6.07) is 0. The van der Waals surface area contributed by atoms with Crippen molar-refractivity contribution in [1.29, 1.82) is 0 Å². The Morgan fingerprint density at radius 3 is 2.94 bits per heavy atom.